The van der Waals surface area contributed by atoms with Crippen molar-refractivity contribution in [1.82, 2.24) is 0 Å². The predicted molar refractivity (Wildman–Crippen MR) is 73.8 cm³/mol. The third-order valence-corrected chi connectivity index (χ3v) is 3.52. The van der Waals surface area contributed by atoms with Crippen LogP contribution in [-0.2, 0) is 0 Å². The topological polar surface area (TPSA) is 106 Å². The number of rotatable bonds is 4. The number of benzene rings is 2. The Hall–Kier alpha value is -2.54. The molecule has 0 aliphatic carbocycles. The van der Waals surface area contributed by atoms with Crippen LogP contribution in [0.4, 0.5) is 5.69 Å². The van der Waals surface area contributed by atoms with Gasteiger partial charge in [-0.1, -0.05) is 17.8 Å². The van der Waals surface area contributed by atoms with Gasteiger partial charge in [-0.3, -0.25) is 14.9 Å². The minimum atomic E-state index is -0.655. The average Bonchev–Trinajstić information content (AvgIpc) is 2.38. The van der Waals surface area contributed by atoms with Crippen molar-refractivity contribution in [3.63, 3.8) is 0 Å². The summed E-state index contributed by atoms with van der Waals surface area (Å²) in [6.07, 6.45) is 0. The standard InChI is InChI=1S/C13H10N2O4S/c14-13(17)8-4-5-11(15(18)19)12(6-8)20-10-3-1-2-9(16)7-10/h1-7,16H,(H2,14,17). The fourth-order valence-corrected chi connectivity index (χ4v) is 2.59. The first-order chi connectivity index (χ1) is 9.47. The van der Waals surface area contributed by atoms with E-state index < -0.39 is 10.8 Å². The summed E-state index contributed by atoms with van der Waals surface area (Å²) in [5.74, 6) is -0.596. The van der Waals surface area contributed by atoms with Crippen LogP contribution in [0.1, 0.15) is 10.4 Å². The van der Waals surface area contributed by atoms with E-state index in [1.807, 2.05) is 0 Å². The number of carbonyl (C=O) groups excluding carboxylic acids is 1. The maximum atomic E-state index is 11.1. The van der Waals surface area contributed by atoms with Crippen molar-refractivity contribution in [1.29, 1.82) is 0 Å². The van der Waals surface area contributed by atoms with E-state index in [1.54, 1.807) is 12.1 Å². The monoisotopic (exact) mass is 290 g/mol. The molecule has 2 rings (SSSR count). The first-order valence-electron chi connectivity index (χ1n) is 5.52. The first-order valence-corrected chi connectivity index (χ1v) is 6.34. The van der Waals surface area contributed by atoms with Crippen LogP contribution in [0.5, 0.6) is 5.75 Å². The summed E-state index contributed by atoms with van der Waals surface area (Å²) >= 11 is 1.08. The largest absolute Gasteiger partial charge is 0.508 e. The number of primary amides is 1. The molecule has 0 aliphatic rings. The van der Waals surface area contributed by atoms with Gasteiger partial charge in [-0.15, -0.1) is 0 Å². The minimum Gasteiger partial charge on any atom is -0.508 e. The van der Waals surface area contributed by atoms with Gasteiger partial charge in [0.1, 0.15) is 5.75 Å². The van der Waals surface area contributed by atoms with Crippen molar-refractivity contribution >= 4 is 23.4 Å². The highest BCUT2D eigenvalue weighted by Gasteiger charge is 2.17. The van der Waals surface area contributed by atoms with Crippen LogP contribution in [0, 0.1) is 10.1 Å². The number of phenolic OH excluding ortho intramolecular Hbond substituents is 1. The highest BCUT2D eigenvalue weighted by atomic mass is 32.2. The van der Waals surface area contributed by atoms with Gasteiger partial charge < -0.3 is 10.8 Å². The fourth-order valence-electron chi connectivity index (χ4n) is 1.57. The number of amides is 1. The first kappa shape index (κ1) is 13.9. The molecule has 0 unspecified atom stereocenters. The number of nitrogens with zero attached hydrogens (tertiary/aromatic N) is 1. The smallest absolute Gasteiger partial charge is 0.283 e. The van der Waals surface area contributed by atoms with Crippen LogP contribution in [0.2, 0.25) is 0 Å². The second kappa shape index (κ2) is 5.62. The fraction of sp³-hybridized carbons (Fsp3) is 0. The Morgan fingerprint density at radius 1 is 1.25 bits per heavy atom. The lowest BCUT2D eigenvalue weighted by Gasteiger charge is -2.05. The Morgan fingerprint density at radius 3 is 2.60 bits per heavy atom. The summed E-state index contributed by atoms with van der Waals surface area (Å²) < 4.78 is 0. The molecule has 0 saturated heterocycles. The van der Waals surface area contributed by atoms with Crippen molar-refractivity contribution in [3.05, 3.63) is 58.1 Å². The number of hydrogen-bond acceptors (Lipinski definition) is 5. The van der Waals surface area contributed by atoms with Gasteiger partial charge in [0.25, 0.3) is 5.69 Å². The number of carbonyl (C=O) groups is 1. The second-order valence-electron chi connectivity index (χ2n) is 3.90. The maximum absolute atomic E-state index is 11.1. The molecule has 0 radical (unpaired) electrons. The SMILES string of the molecule is NC(=O)c1ccc([N+](=O)[O-])c(Sc2cccc(O)c2)c1. The van der Waals surface area contributed by atoms with E-state index >= 15 is 0 Å². The van der Waals surface area contributed by atoms with Crippen LogP contribution in [0.15, 0.2) is 52.3 Å². The number of phenols is 1. The molecule has 2 aromatic rings. The van der Waals surface area contributed by atoms with Crippen LogP contribution in [0.3, 0.4) is 0 Å². The van der Waals surface area contributed by atoms with Gasteiger partial charge in [-0.2, -0.15) is 0 Å². The van der Waals surface area contributed by atoms with Crippen molar-refractivity contribution < 1.29 is 14.8 Å². The quantitative estimate of drug-likeness (QED) is 0.664. The summed E-state index contributed by atoms with van der Waals surface area (Å²) in [6.45, 7) is 0. The Balaban J connectivity index is 2.44. The third-order valence-electron chi connectivity index (χ3n) is 2.49. The molecule has 0 spiro atoms. The number of nitro groups is 1. The number of nitrogens with two attached hydrogens (primary N) is 1. The maximum Gasteiger partial charge on any atom is 0.283 e. The third kappa shape index (κ3) is 3.07. The lowest BCUT2D eigenvalue weighted by Crippen LogP contribution is -2.11. The van der Waals surface area contributed by atoms with E-state index in [1.165, 1.54) is 30.3 Å². The highest BCUT2D eigenvalue weighted by Crippen LogP contribution is 2.36. The van der Waals surface area contributed by atoms with Crippen molar-refractivity contribution in [2.45, 2.75) is 9.79 Å². The molecule has 1 amide bonds. The van der Waals surface area contributed by atoms with E-state index in [2.05, 4.69) is 0 Å². The zero-order chi connectivity index (χ0) is 14.7. The summed E-state index contributed by atoms with van der Waals surface area (Å²) in [6, 6.07) is 10.2. The van der Waals surface area contributed by atoms with Gasteiger partial charge in [-0.05, 0) is 30.3 Å². The van der Waals surface area contributed by atoms with E-state index in [9.17, 15) is 20.0 Å². The highest BCUT2D eigenvalue weighted by molar-refractivity contribution is 7.99. The number of nitro benzene ring substituents is 1. The lowest BCUT2D eigenvalue weighted by molar-refractivity contribution is -0.387. The summed E-state index contributed by atoms with van der Waals surface area (Å²) in [5, 5.41) is 20.4. The molecule has 0 aliphatic heterocycles. The van der Waals surface area contributed by atoms with Gasteiger partial charge >= 0.3 is 0 Å². The van der Waals surface area contributed by atoms with Crippen LogP contribution in [0.25, 0.3) is 0 Å². The molecular weight excluding hydrogens is 280 g/mol. The van der Waals surface area contributed by atoms with Crippen molar-refractivity contribution in [2.75, 3.05) is 0 Å². The molecule has 0 atom stereocenters. The second-order valence-corrected chi connectivity index (χ2v) is 5.02. The number of hydrogen-bond donors (Lipinski definition) is 2. The van der Waals surface area contributed by atoms with E-state index in [-0.39, 0.29) is 21.9 Å². The van der Waals surface area contributed by atoms with Crippen molar-refractivity contribution in [3.8, 4) is 5.75 Å². The minimum absolute atomic E-state index is 0.0590. The molecule has 102 valence electrons. The zero-order valence-corrected chi connectivity index (χ0v) is 11.0. The molecule has 2 aromatic carbocycles. The molecule has 0 bridgehead atoms. The molecule has 0 heterocycles. The number of aromatic hydroxyl groups is 1. The zero-order valence-electron chi connectivity index (χ0n) is 10.1. The van der Waals surface area contributed by atoms with Crippen molar-refractivity contribution in [2.24, 2.45) is 5.73 Å². The van der Waals surface area contributed by atoms with E-state index in [0.29, 0.717) is 4.90 Å². The molecule has 20 heavy (non-hydrogen) atoms. The Kier molecular flexibility index (Phi) is 3.90. The molecule has 6 nitrogen and oxygen atoms in total. The van der Waals surface area contributed by atoms with Gasteiger partial charge in [0.2, 0.25) is 5.91 Å². The molecular formula is C13H10N2O4S. The molecule has 0 aromatic heterocycles. The molecule has 7 heteroatoms. The van der Waals surface area contributed by atoms with Gasteiger partial charge in [-0.25, -0.2) is 0 Å². The normalized spacial score (nSPS) is 10.2. The Labute approximate surface area is 118 Å². The Morgan fingerprint density at radius 2 is 2.00 bits per heavy atom. The molecule has 0 fully saturated rings. The summed E-state index contributed by atoms with van der Waals surface area (Å²) in [5.41, 5.74) is 5.24. The summed E-state index contributed by atoms with van der Waals surface area (Å²) in [4.78, 5) is 22.5. The van der Waals surface area contributed by atoms with Gasteiger partial charge in [0.05, 0.1) is 9.82 Å². The Bertz CT molecular complexity index is 688. The van der Waals surface area contributed by atoms with Gasteiger partial charge in [0.15, 0.2) is 0 Å². The van der Waals surface area contributed by atoms with Crippen LogP contribution in [-0.4, -0.2) is 15.9 Å². The van der Waals surface area contributed by atoms with E-state index in [4.69, 9.17) is 5.73 Å². The van der Waals surface area contributed by atoms with Crippen LogP contribution >= 0.6 is 11.8 Å². The van der Waals surface area contributed by atoms with Crippen LogP contribution < -0.4 is 5.73 Å². The molecule has 0 saturated carbocycles. The summed E-state index contributed by atoms with van der Waals surface area (Å²) in [7, 11) is 0. The van der Waals surface area contributed by atoms with Gasteiger partial charge in [0, 0.05) is 16.5 Å². The predicted octanol–water partition coefficient (Wildman–Crippen LogP) is 2.55. The lowest BCUT2D eigenvalue weighted by atomic mass is 10.2. The average molecular weight is 290 g/mol. The van der Waals surface area contributed by atoms with E-state index in [0.717, 1.165) is 11.8 Å². The molecule has 3 N–H and O–H groups in total.